The summed E-state index contributed by atoms with van der Waals surface area (Å²) in [7, 11) is 0. The minimum atomic E-state index is -0.166. The van der Waals surface area contributed by atoms with Crippen molar-refractivity contribution >= 4 is 49.6 Å². The van der Waals surface area contributed by atoms with Crippen molar-refractivity contribution in [3.63, 3.8) is 0 Å². The maximum atomic E-state index is 5.29. The molecule has 1 aliphatic rings. The second-order valence-electron chi connectivity index (χ2n) is 14.1. The third-order valence-corrected chi connectivity index (χ3v) is 10.7. The van der Waals surface area contributed by atoms with E-state index in [1.54, 1.807) is 0 Å². The smallest absolute Gasteiger partial charge is 0.145 e. The van der Waals surface area contributed by atoms with Crippen LogP contribution in [0.5, 0.6) is 0 Å². The van der Waals surface area contributed by atoms with Gasteiger partial charge in [0, 0.05) is 33.7 Å². The van der Waals surface area contributed by atoms with Gasteiger partial charge in [0.25, 0.3) is 0 Å². The fraction of sp³-hybridized carbons (Fsp3) is 0.0625. The Morgan fingerprint density at radius 1 is 0.490 bits per heavy atom. The monoisotopic (exact) mass is 653 g/mol. The molecule has 0 spiro atoms. The fourth-order valence-electron chi connectivity index (χ4n) is 8.21. The number of imidazole rings is 1. The molecule has 51 heavy (non-hydrogen) atoms. The number of para-hydroxylation sites is 3. The number of rotatable bonds is 5. The van der Waals surface area contributed by atoms with Crippen molar-refractivity contribution < 1.29 is 0 Å². The van der Waals surface area contributed by atoms with E-state index >= 15 is 0 Å². The van der Waals surface area contributed by atoms with Crippen LogP contribution in [0.15, 0.2) is 176 Å². The predicted molar refractivity (Wildman–Crippen MR) is 214 cm³/mol. The first-order valence-corrected chi connectivity index (χ1v) is 17.6. The van der Waals surface area contributed by atoms with E-state index in [4.69, 9.17) is 4.98 Å². The molecule has 0 amide bonds. The van der Waals surface area contributed by atoms with Gasteiger partial charge in [0.1, 0.15) is 5.82 Å². The number of hydrogen-bond donors (Lipinski definition) is 0. The van der Waals surface area contributed by atoms with Crippen molar-refractivity contribution in [3.05, 3.63) is 187 Å². The largest absolute Gasteiger partial charge is 0.310 e. The number of benzene rings is 8. The van der Waals surface area contributed by atoms with Gasteiger partial charge in [-0.05, 0) is 117 Å². The highest BCUT2D eigenvalue weighted by atomic mass is 15.1. The van der Waals surface area contributed by atoms with Crippen LogP contribution in [0, 0.1) is 0 Å². The summed E-state index contributed by atoms with van der Waals surface area (Å²) in [6.45, 7) is 4.72. The van der Waals surface area contributed by atoms with E-state index in [-0.39, 0.29) is 5.41 Å². The normalized spacial score (nSPS) is 13.1. The van der Waals surface area contributed by atoms with E-state index in [1.807, 2.05) is 0 Å². The molecule has 8 aromatic carbocycles. The summed E-state index contributed by atoms with van der Waals surface area (Å²) in [4.78, 5) is 7.62. The molecule has 0 saturated carbocycles. The van der Waals surface area contributed by atoms with Crippen molar-refractivity contribution in [2.24, 2.45) is 0 Å². The number of fused-ring (bicyclic) bond motifs is 7. The number of anilines is 3. The lowest BCUT2D eigenvalue weighted by Gasteiger charge is -2.26. The zero-order valence-electron chi connectivity index (χ0n) is 28.6. The molecule has 3 heteroatoms. The van der Waals surface area contributed by atoms with E-state index in [1.165, 1.54) is 43.8 Å². The molecular weight excluding hydrogens is 619 g/mol. The van der Waals surface area contributed by atoms with E-state index in [0.717, 1.165) is 45.2 Å². The summed E-state index contributed by atoms with van der Waals surface area (Å²) >= 11 is 0. The van der Waals surface area contributed by atoms with Gasteiger partial charge in [-0.25, -0.2) is 4.98 Å². The topological polar surface area (TPSA) is 21.1 Å². The molecule has 0 fully saturated rings. The molecule has 10 rings (SSSR count). The van der Waals surface area contributed by atoms with Crippen molar-refractivity contribution in [3.8, 4) is 28.2 Å². The summed E-state index contributed by atoms with van der Waals surface area (Å²) in [6.07, 6.45) is 0. The minimum Gasteiger partial charge on any atom is -0.310 e. The van der Waals surface area contributed by atoms with Gasteiger partial charge in [0.2, 0.25) is 0 Å². The molecule has 242 valence electrons. The predicted octanol–water partition coefficient (Wildman–Crippen LogP) is 12.8. The molecule has 9 aromatic rings. The van der Waals surface area contributed by atoms with Crippen LogP contribution in [-0.2, 0) is 5.41 Å². The van der Waals surface area contributed by atoms with E-state index in [2.05, 4.69) is 199 Å². The van der Waals surface area contributed by atoms with Crippen LogP contribution in [0.1, 0.15) is 25.0 Å². The van der Waals surface area contributed by atoms with Gasteiger partial charge >= 0.3 is 0 Å². The molecule has 1 aliphatic carbocycles. The Kier molecular flexibility index (Phi) is 6.53. The highest BCUT2D eigenvalue weighted by Crippen LogP contribution is 2.52. The van der Waals surface area contributed by atoms with Crippen molar-refractivity contribution in [1.82, 2.24) is 9.55 Å². The van der Waals surface area contributed by atoms with Crippen LogP contribution in [0.4, 0.5) is 17.1 Å². The Bertz CT molecular complexity index is 2710. The van der Waals surface area contributed by atoms with Gasteiger partial charge < -0.3 is 4.90 Å². The SMILES string of the molecule is CC1(C)c2cc3ccc4cc(N(c5ccccc5)c5ccccc5)ccc4c3cc2-c2cc3c(cc21)nc(-c1ccccc1)n3-c1ccccc1. The Labute approximate surface area is 297 Å². The molecule has 1 aromatic heterocycles. The molecule has 3 nitrogen and oxygen atoms in total. The number of nitrogens with zero attached hydrogens (tertiary/aromatic N) is 3. The van der Waals surface area contributed by atoms with Gasteiger partial charge in [-0.15, -0.1) is 0 Å². The van der Waals surface area contributed by atoms with E-state index in [9.17, 15) is 0 Å². The molecule has 0 atom stereocenters. The molecule has 0 saturated heterocycles. The maximum absolute atomic E-state index is 5.29. The first-order valence-electron chi connectivity index (χ1n) is 17.6. The zero-order valence-corrected chi connectivity index (χ0v) is 28.6. The lowest BCUT2D eigenvalue weighted by atomic mass is 9.81. The third kappa shape index (κ3) is 4.62. The summed E-state index contributed by atoms with van der Waals surface area (Å²) in [6, 6.07) is 63.4. The molecule has 0 N–H and O–H groups in total. The van der Waals surface area contributed by atoms with Crippen LogP contribution >= 0.6 is 0 Å². The lowest BCUT2D eigenvalue weighted by Crippen LogP contribution is -2.15. The first-order chi connectivity index (χ1) is 25.0. The second kappa shape index (κ2) is 11.3. The van der Waals surface area contributed by atoms with Gasteiger partial charge in [0.15, 0.2) is 0 Å². The molecule has 0 bridgehead atoms. The summed E-state index contributed by atoms with van der Waals surface area (Å²) in [5.74, 6) is 0.957. The number of aromatic nitrogens is 2. The molecule has 0 aliphatic heterocycles. The Hall–Kier alpha value is -6.45. The maximum Gasteiger partial charge on any atom is 0.145 e. The van der Waals surface area contributed by atoms with Gasteiger partial charge in [-0.2, -0.15) is 0 Å². The summed E-state index contributed by atoms with van der Waals surface area (Å²) < 4.78 is 2.32. The Morgan fingerprint density at radius 2 is 1.06 bits per heavy atom. The van der Waals surface area contributed by atoms with E-state index in [0.29, 0.717) is 0 Å². The van der Waals surface area contributed by atoms with Crippen LogP contribution in [0.3, 0.4) is 0 Å². The average Bonchev–Trinajstić information content (AvgIpc) is 3.66. The molecule has 0 radical (unpaired) electrons. The molecule has 0 unspecified atom stereocenters. The molecular formula is C48H35N3. The highest BCUT2D eigenvalue weighted by Gasteiger charge is 2.37. The van der Waals surface area contributed by atoms with Gasteiger partial charge in [0.05, 0.1) is 11.0 Å². The minimum absolute atomic E-state index is 0.166. The van der Waals surface area contributed by atoms with Crippen molar-refractivity contribution in [2.75, 3.05) is 4.90 Å². The van der Waals surface area contributed by atoms with Gasteiger partial charge in [-0.3, -0.25) is 4.57 Å². The highest BCUT2D eigenvalue weighted by molar-refractivity contribution is 6.11. The third-order valence-electron chi connectivity index (χ3n) is 10.7. The van der Waals surface area contributed by atoms with Crippen LogP contribution in [0.25, 0.3) is 60.8 Å². The lowest BCUT2D eigenvalue weighted by molar-refractivity contribution is 0.662. The number of hydrogen-bond acceptors (Lipinski definition) is 2. The molecule has 1 heterocycles. The Balaban J connectivity index is 1.17. The van der Waals surface area contributed by atoms with E-state index < -0.39 is 0 Å². The van der Waals surface area contributed by atoms with Crippen LogP contribution in [0.2, 0.25) is 0 Å². The first kappa shape index (κ1) is 29.5. The zero-order chi connectivity index (χ0) is 34.1. The Morgan fingerprint density at radius 3 is 1.73 bits per heavy atom. The fourth-order valence-corrected chi connectivity index (χ4v) is 8.21. The van der Waals surface area contributed by atoms with Gasteiger partial charge in [-0.1, -0.05) is 117 Å². The second-order valence-corrected chi connectivity index (χ2v) is 14.1. The van der Waals surface area contributed by atoms with Crippen molar-refractivity contribution in [1.29, 1.82) is 0 Å². The van der Waals surface area contributed by atoms with Crippen LogP contribution in [-0.4, -0.2) is 9.55 Å². The van der Waals surface area contributed by atoms with Crippen molar-refractivity contribution in [2.45, 2.75) is 19.3 Å². The standard InChI is InChI=1S/C48H35N3/c1-48(2)43-28-34-24-23-33-27-38(50(35-17-9-4-10-18-35)36-19-11-5-12-20-36)25-26-39(33)40(34)29-41(43)42-30-46-45(31-44(42)48)49-47(32-15-7-3-8-16-32)51(46)37-21-13-6-14-22-37/h3-31H,1-2H3. The average molecular weight is 654 g/mol. The summed E-state index contributed by atoms with van der Waals surface area (Å²) in [5.41, 5.74) is 12.9. The summed E-state index contributed by atoms with van der Waals surface area (Å²) in [5, 5.41) is 5.02. The van der Waals surface area contributed by atoms with Crippen LogP contribution < -0.4 is 4.90 Å². The quantitative estimate of drug-likeness (QED) is 0.172.